The first-order valence-electron chi connectivity index (χ1n) is 32.2. The summed E-state index contributed by atoms with van der Waals surface area (Å²) in [6.07, 6.45) is 3.12. The van der Waals surface area contributed by atoms with Gasteiger partial charge in [-0.1, -0.05) is 74.5 Å². The second-order valence-electron chi connectivity index (χ2n) is 24.1. The van der Waals surface area contributed by atoms with Gasteiger partial charge in [0, 0.05) is 45.3 Å². The lowest BCUT2D eigenvalue weighted by atomic mass is 10.0. The van der Waals surface area contributed by atoms with Gasteiger partial charge in [0.2, 0.25) is 76.8 Å². The maximum Gasteiger partial charge on any atom is 0.245 e. The van der Waals surface area contributed by atoms with Crippen LogP contribution in [0.4, 0.5) is 0 Å². The van der Waals surface area contributed by atoms with E-state index in [1.54, 1.807) is 60.7 Å². The Kier molecular flexibility index (Phi) is 33.9. The Morgan fingerprint density at radius 3 is 1.51 bits per heavy atom. The number of hydrogen-bond acceptors (Lipinski definition) is 17. The molecule has 2 heterocycles. The van der Waals surface area contributed by atoms with E-state index >= 15 is 0 Å². The average molecular weight is 1350 g/mol. The molecule has 0 spiro atoms. The second-order valence-corrected chi connectivity index (χ2v) is 25.1. The number of thioether (sulfide) groups is 1. The van der Waals surface area contributed by atoms with Gasteiger partial charge in [-0.05, 0) is 119 Å². The van der Waals surface area contributed by atoms with E-state index < -0.39 is 169 Å². The van der Waals surface area contributed by atoms with Crippen LogP contribution < -0.4 is 82.7 Å². The van der Waals surface area contributed by atoms with Crippen molar-refractivity contribution in [2.24, 2.45) is 51.0 Å². The van der Waals surface area contributed by atoms with Crippen LogP contribution in [0.2, 0.25) is 0 Å². The quantitative estimate of drug-likeness (QED) is 0.0173. The number of nitrogens with two attached hydrogens (primary N) is 7. The summed E-state index contributed by atoms with van der Waals surface area (Å²) >= 11 is 1.45. The van der Waals surface area contributed by atoms with Crippen molar-refractivity contribution in [1.82, 2.24) is 52.3 Å². The van der Waals surface area contributed by atoms with Gasteiger partial charge in [-0.2, -0.15) is 11.8 Å². The number of guanidine groups is 1. The number of nitrogens with zero attached hydrogens (tertiary/aromatic N) is 3. The number of amides is 13. The topological polar surface area (TPSA) is 519 Å². The van der Waals surface area contributed by atoms with Gasteiger partial charge in [0.1, 0.15) is 54.4 Å². The lowest BCUT2D eigenvalue weighted by Gasteiger charge is -2.32. The number of unbranched alkanes of at least 4 members (excludes halogenated alkanes) is 1. The third kappa shape index (κ3) is 27.5. The Bertz CT molecular complexity index is 2960. The minimum Gasteiger partial charge on any atom is -0.370 e. The Labute approximate surface area is 558 Å². The number of hydrogen-bond donors (Lipinski definition) is 15. The van der Waals surface area contributed by atoms with Crippen molar-refractivity contribution in [1.29, 1.82) is 0 Å². The molecule has 2 aromatic carbocycles. The number of aliphatic imine (C=N–C) groups is 1. The van der Waals surface area contributed by atoms with Gasteiger partial charge in [-0.3, -0.25) is 67.3 Å². The smallest absolute Gasteiger partial charge is 0.245 e. The molecule has 4 rings (SSSR count). The molecule has 32 heteroatoms. The minimum absolute atomic E-state index is 0.0736. The van der Waals surface area contributed by atoms with E-state index in [2.05, 4.69) is 47.5 Å². The van der Waals surface area contributed by atoms with Gasteiger partial charge in [0.25, 0.3) is 0 Å². The minimum atomic E-state index is -1.64. The number of carbonyl (C=O) groups is 13. The normalized spacial score (nSPS) is 16.8. The van der Waals surface area contributed by atoms with Crippen molar-refractivity contribution in [3.8, 4) is 0 Å². The highest BCUT2D eigenvalue weighted by Gasteiger charge is 2.42. The van der Waals surface area contributed by atoms with Crippen LogP contribution in [0.3, 0.4) is 0 Å². The summed E-state index contributed by atoms with van der Waals surface area (Å²) < 4.78 is 0. The molecule has 0 unspecified atom stereocenters. The van der Waals surface area contributed by atoms with Gasteiger partial charge in [-0.25, -0.2) is 0 Å². The number of nitrogens with one attached hydrogen (secondary N) is 8. The molecule has 0 saturated carbocycles. The van der Waals surface area contributed by atoms with Crippen LogP contribution >= 0.6 is 11.8 Å². The largest absolute Gasteiger partial charge is 0.370 e. The molecule has 0 bridgehead atoms. The molecule has 31 nitrogen and oxygen atoms in total. The number of likely N-dealkylation sites (tertiary alicyclic amines) is 2. The summed E-state index contributed by atoms with van der Waals surface area (Å²) in [5.41, 5.74) is 40.6. The molecular weight excluding hydrogens is 1250 g/mol. The van der Waals surface area contributed by atoms with Crippen LogP contribution in [0.1, 0.15) is 121 Å². The fraction of sp³-hybridized carbons (Fsp3) is 0.587. The van der Waals surface area contributed by atoms with Crippen LogP contribution in [0.15, 0.2) is 65.7 Å². The standard InChI is InChI=1S/C63H98N18O13S/c1-37(2)33-45(57(89)74-41(53(68)85)27-32-95-3)73-52(84)36-72-54(86)46(34-38-15-6-4-7-16-38)78-58(90)47(35-39-17-8-5-9-18-39)79-56(88)42(23-25-50(66)82)75-55(87)43(24-26-51(67)83)76-59(91)49-22-14-31-81(49)62(94)44(20-10-11-28-64)77-60(92)48-21-13-30-80(48)61(93)40(65)19-12-29-71-63(69)70/h4-9,15-18,37,40-49H,10-14,19-36,64-65H2,1-3H3,(H2,66,82)(H2,67,83)(H2,68,85)(H,72,86)(H,73,84)(H,74,89)(H,75,87)(H,76,91)(H,77,92)(H,78,90)(H,79,88)(H4,69,70,71)/t40-,41+,42-,43+,44+,45+,46+,47+,48+,49-/m1/s1. The number of benzene rings is 2. The lowest BCUT2D eigenvalue weighted by Crippen LogP contribution is -2.60. The monoisotopic (exact) mass is 1350 g/mol. The predicted molar refractivity (Wildman–Crippen MR) is 356 cm³/mol. The van der Waals surface area contributed by atoms with Crippen molar-refractivity contribution in [3.63, 3.8) is 0 Å². The van der Waals surface area contributed by atoms with E-state index in [-0.39, 0.29) is 83.0 Å². The van der Waals surface area contributed by atoms with E-state index in [9.17, 15) is 62.3 Å². The molecule has 10 atom stereocenters. The van der Waals surface area contributed by atoms with Crippen LogP contribution in [-0.2, 0) is 75.2 Å². The molecule has 0 aromatic heterocycles. The van der Waals surface area contributed by atoms with Crippen LogP contribution in [0.25, 0.3) is 0 Å². The Morgan fingerprint density at radius 2 is 1.01 bits per heavy atom. The SMILES string of the molecule is CSCC[C@H](NC(=O)[C@H](CC(C)C)NC(=O)CNC(=O)[C@H](Cc1ccccc1)NC(=O)[C@H](Cc1ccccc1)NC(=O)[C@@H](CCC(N)=O)NC(=O)[C@H](CCC(N)=O)NC(=O)[C@H]1CCCN1C(=O)[C@H](CCCCN)NC(=O)[C@@H]1CCCN1C(=O)[C@H](N)CCCN=C(N)N)C(N)=O. The third-order valence-corrected chi connectivity index (χ3v) is 16.7. The summed E-state index contributed by atoms with van der Waals surface area (Å²) in [4.78, 5) is 185. The molecule has 2 aliphatic rings. The average Bonchev–Trinajstić information content (AvgIpc) is 1.74. The summed E-state index contributed by atoms with van der Waals surface area (Å²) in [5, 5.41) is 21.1. The van der Waals surface area contributed by atoms with Crippen molar-refractivity contribution in [2.75, 3.05) is 44.7 Å². The molecule has 2 aromatic rings. The molecule has 95 heavy (non-hydrogen) atoms. The molecule has 0 aliphatic carbocycles. The number of primary amides is 3. The van der Waals surface area contributed by atoms with Crippen LogP contribution in [0, 0.1) is 5.92 Å². The zero-order valence-electron chi connectivity index (χ0n) is 54.5. The highest BCUT2D eigenvalue weighted by molar-refractivity contribution is 7.98. The summed E-state index contributed by atoms with van der Waals surface area (Å²) in [5.74, 6) is -9.80. The van der Waals surface area contributed by atoms with E-state index in [1.165, 1.54) is 21.6 Å². The predicted octanol–water partition coefficient (Wildman–Crippen LogP) is -3.71. The van der Waals surface area contributed by atoms with E-state index in [4.69, 9.17) is 40.1 Å². The maximum atomic E-state index is 14.7. The summed E-state index contributed by atoms with van der Waals surface area (Å²) in [6, 6.07) is 4.51. The third-order valence-electron chi connectivity index (χ3n) is 16.0. The molecule has 22 N–H and O–H groups in total. The zero-order chi connectivity index (χ0) is 70.1. The van der Waals surface area contributed by atoms with Crippen LogP contribution in [-0.4, -0.2) is 198 Å². The highest BCUT2D eigenvalue weighted by Crippen LogP contribution is 2.24. The van der Waals surface area contributed by atoms with Crippen molar-refractivity contribution in [2.45, 2.75) is 183 Å². The lowest BCUT2D eigenvalue weighted by molar-refractivity contribution is -0.144. The van der Waals surface area contributed by atoms with Gasteiger partial charge in [0.05, 0.1) is 12.6 Å². The van der Waals surface area contributed by atoms with E-state index in [0.717, 1.165) is 0 Å². The number of rotatable bonds is 42. The van der Waals surface area contributed by atoms with Gasteiger partial charge in [-0.15, -0.1) is 0 Å². The Morgan fingerprint density at radius 1 is 0.537 bits per heavy atom. The molecule has 524 valence electrons. The molecule has 13 amide bonds. The molecule has 2 aliphatic heterocycles. The first-order chi connectivity index (χ1) is 45.2. The number of carbonyl (C=O) groups excluding carboxylic acids is 13. The van der Waals surface area contributed by atoms with Crippen LogP contribution in [0.5, 0.6) is 0 Å². The maximum absolute atomic E-state index is 14.7. The van der Waals surface area contributed by atoms with E-state index in [1.807, 2.05) is 20.1 Å². The second kappa shape index (κ2) is 41.0. The first-order valence-corrected chi connectivity index (χ1v) is 33.6. The summed E-state index contributed by atoms with van der Waals surface area (Å²) in [7, 11) is 0. The molecule has 2 saturated heterocycles. The van der Waals surface area contributed by atoms with Crippen molar-refractivity contribution in [3.05, 3.63) is 71.8 Å². The zero-order valence-corrected chi connectivity index (χ0v) is 55.3. The van der Waals surface area contributed by atoms with Gasteiger partial charge >= 0.3 is 0 Å². The molecule has 0 radical (unpaired) electrons. The Hall–Kier alpha value is -8.91. The van der Waals surface area contributed by atoms with Crippen molar-refractivity contribution >= 4 is 94.5 Å². The van der Waals surface area contributed by atoms with E-state index in [0.29, 0.717) is 55.4 Å². The van der Waals surface area contributed by atoms with Gasteiger partial charge < -0.3 is 92.5 Å². The summed E-state index contributed by atoms with van der Waals surface area (Å²) in [6.45, 7) is 3.86. The van der Waals surface area contributed by atoms with Gasteiger partial charge in [0.15, 0.2) is 5.96 Å². The Balaban J connectivity index is 1.56. The molecule has 2 fully saturated rings. The highest BCUT2D eigenvalue weighted by atomic mass is 32.2. The van der Waals surface area contributed by atoms with Crippen molar-refractivity contribution < 1.29 is 62.3 Å². The fourth-order valence-electron chi connectivity index (χ4n) is 11.0. The first kappa shape index (κ1) is 78.5. The molecular formula is C63H98N18O13S. The fourth-order valence-corrected chi connectivity index (χ4v) is 11.5.